The summed E-state index contributed by atoms with van der Waals surface area (Å²) in [5.41, 5.74) is -0.641. The highest BCUT2D eigenvalue weighted by Crippen LogP contribution is 2.39. The first-order valence-electron chi connectivity index (χ1n) is 9.07. The molecule has 2 fully saturated rings. The number of nitrogens with one attached hydrogen (secondary N) is 1. The predicted molar refractivity (Wildman–Crippen MR) is 101 cm³/mol. The van der Waals surface area contributed by atoms with Gasteiger partial charge in [0.05, 0.1) is 6.54 Å². The third-order valence-electron chi connectivity index (χ3n) is 5.00. The van der Waals surface area contributed by atoms with E-state index in [-0.39, 0.29) is 49.2 Å². The summed E-state index contributed by atoms with van der Waals surface area (Å²) in [5, 5.41) is 10.4. The number of phenols is 1. The zero-order chi connectivity index (χ0) is 21.7. The molecule has 2 heterocycles. The van der Waals surface area contributed by atoms with Gasteiger partial charge in [-0.2, -0.15) is 8.42 Å². The van der Waals surface area contributed by atoms with Gasteiger partial charge in [0, 0.05) is 24.9 Å². The normalized spacial score (nSPS) is 20.6. The van der Waals surface area contributed by atoms with Gasteiger partial charge in [-0.05, 0) is 23.6 Å². The molecule has 8 nitrogen and oxygen atoms in total. The zero-order valence-corrected chi connectivity index (χ0v) is 16.4. The molecule has 2 aliphatic heterocycles. The minimum absolute atomic E-state index is 0.0254. The number of carbonyl (C=O) groups excluding carboxylic acids is 1. The smallest absolute Gasteiger partial charge is 0.326 e. The molecule has 2 N–H and O–H groups in total. The molecule has 0 unspecified atom stereocenters. The molecule has 2 aliphatic rings. The first-order valence-corrected chi connectivity index (χ1v) is 10.5. The van der Waals surface area contributed by atoms with Crippen LogP contribution in [0.15, 0.2) is 24.3 Å². The third-order valence-corrected chi connectivity index (χ3v) is 6.38. The van der Waals surface area contributed by atoms with E-state index in [1.807, 2.05) is 0 Å². The van der Waals surface area contributed by atoms with Crippen molar-refractivity contribution in [1.29, 1.82) is 0 Å². The molecule has 0 saturated carbocycles. The van der Waals surface area contributed by atoms with Crippen LogP contribution in [0.2, 0.25) is 0 Å². The molecule has 12 heteroatoms. The number of aromatic hydroxyl groups is 1. The molecule has 0 bridgehead atoms. The Hall–Kier alpha value is -2.73. The van der Waals surface area contributed by atoms with Crippen LogP contribution in [0.3, 0.4) is 0 Å². The van der Waals surface area contributed by atoms with Crippen molar-refractivity contribution in [3.63, 3.8) is 0 Å². The van der Waals surface area contributed by atoms with Crippen LogP contribution in [0.4, 0.5) is 18.9 Å². The highest BCUT2D eigenvalue weighted by Gasteiger charge is 2.38. The summed E-state index contributed by atoms with van der Waals surface area (Å²) in [6.45, 7) is -0.344. The van der Waals surface area contributed by atoms with Crippen LogP contribution in [0.25, 0.3) is 10.8 Å². The second-order valence-corrected chi connectivity index (χ2v) is 8.80. The van der Waals surface area contributed by atoms with Crippen molar-refractivity contribution in [2.45, 2.75) is 12.3 Å². The third kappa shape index (κ3) is 3.84. The van der Waals surface area contributed by atoms with Crippen LogP contribution in [0.5, 0.6) is 11.5 Å². The Labute approximate surface area is 170 Å². The van der Waals surface area contributed by atoms with Crippen molar-refractivity contribution >= 4 is 32.6 Å². The molecule has 0 aliphatic carbocycles. The van der Waals surface area contributed by atoms with Crippen molar-refractivity contribution in [2.24, 2.45) is 0 Å². The van der Waals surface area contributed by atoms with E-state index in [0.717, 1.165) is 0 Å². The van der Waals surface area contributed by atoms with Crippen molar-refractivity contribution in [1.82, 2.24) is 9.62 Å². The number of halogens is 3. The highest BCUT2D eigenvalue weighted by molar-refractivity contribution is 7.92. The SMILES string of the molecule is O=C1CN(c2c(O)cc3ccc(OCCN4CCC(F)(F)C4)cc3c2F)S(=O)(=O)N1. The number of benzene rings is 2. The number of nitrogens with zero attached hydrogens (tertiary/aromatic N) is 2. The number of anilines is 1. The molecule has 0 aromatic heterocycles. The topological polar surface area (TPSA) is 99.2 Å². The molecule has 30 heavy (non-hydrogen) atoms. The molecule has 0 radical (unpaired) electrons. The first-order chi connectivity index (χ1) is 14.1. The zero-order valence-electron chi connectivity index (χ0n) is 15.6. The molecule has 0 spiro atoms. The summed E-state index contributed by atoms with van der Waals surface area (Å²) < 4.78 is 73.3. The summed E-state index contributed by atoms with van der Waals surface area (Å²) in [7, 11) is -4.31. The second kappa shape index (κ2) is 7.20. The van der Waals surface area contributed by atoms with E-state index < -0.39 is 45.8 Å². The Bertz CT molecular complexity index is 1130. The molecule has 2 aromatic carbocycles. The molecule has 2 saturated heterocycles. The van der Waals surface area contributed by atoms with E-state index in [0.29, 0.717) is 4.31 Å². The van der Waals surface area contributed by atoms with Gasteiger partial charge in [-0.15, -0.1) is 0 Å². The van der Waals surface area contributed by atoms with Gasteiger partial charge in [-0.3, -0.25) is 9.69 Å². The molecular weight excluding hydrogens is 427 g/mol. The van der Waals surface area contributed by atoms with Gasteiger partial charge < -0.3 is 9.84 Å². The van der Waals surface area contributed by atoms with Crippen LogP contribution in [0.1, 0.15) is 6.42 Å². The van der Waals surface area contributed by atoms with Gasteiger partial charge in [-0.25, -0.2) is 22.2 Å². The van der Waals surface area contributed by atoms with Crippen LogP contribution in [-0.2, 0) is 15.0 Å². The van der Waals surface area contributed by atoms with Crippen LogP contribution in [-0.4, -0.2) is 63.0 Å². The maximum absolute atomic E-state index is 15.1. The fourth-order valence-corrected chi connectivity index (χ4v) is 4.73. The summed E-state index contributed by atoms with van der Waals surface area (Å²) in [6.07, 6.45) is -0.197. The summed E-state index contributed by atoms with van der Waals surface area (Å²) in [4.78, 5) is 13.0. The maximum Gasteiger partial charge on any atom is 0.326 e. The average Bonchev–Trinajstić information content (AvgIpc) is 3.12. The van der Waals surface area contributed by atoms with E-state index in [2.05, 4.69) is 0 Å². The Morgan fingerprint density at radius 1 is 1.27 bits per heavy atom. The molecular formula is C18H18F3N3O5S. The number of hydrogen-bond acceptors (Lipinski definition) is 6. The van der Waals surface area contributed by atoms with E-state index in [9.17, 15) is 27.1 Å². The van der Waals surface area contributed by atoms with Gasteiger partial charge >= 0.3 is 10.2 Å². The van der Waals surface area contributed by atoms with Gasteiger partial charge in [-0.1, -0.05) is 6.07 Å². The van der Waals surface area contributed by atoms with E-state index in [4.69, 9.17) is 4.74 Å². The van der Waals surface area contributed by atoms with Crippen LogP contribution in [0, 0.1) is 5.82 Å². The van der Waals surface area contributed by atoms with Crippen molar-refractivity contribution < 1.29 is 36.2 Å². The van der Waals surface area contributed by atoms with Gasteiger partial charge in [0.2, 0.25) is 0 Å². The fourth-order valence-electron chi connectivity index (χ4n) is 3.57. The number of ether oxygens (including phenoxy) is 1. The average molecular weight is 445 g/mol. The Morgan fingerprint density at radius 3 is 2.67 bits per heavy atom. The monoisotopic (exact) mass is 445 g/mol. The number of likely N-dealkylation sites (tertiary alicyclic amines) is 1. The van der Waals surface area contributed by atoms with Crippen molar-refractivity contribution in [3.8, 4) is 11.5 Å². The number of carbonyl (C=O) groups is 1. The lowest BCUT2D eigenvalue weighted by molar-refractivity contribution is -0.117. The van der Waals surface area contributed by atoms with Gasteiger partial charge in [0.25, 0.3) is 11.8 Å². The Morgan fingerprint density at radius 2 is 2.03 bits per heavy atom. The quantitative estimate of drug-likeness (QED) is 0.725. The minimum atomic E-state index is -4.31. The molecule has 1 amide bonds. The number of fused-ring (bicyclic) bond motifs is 1. The largest absolute Gasteiger partial charge is 0.506 e. The van der Waals surface area contributed by atoms with Gasteiger partial charge in [0.15, 0.2) is 5.82 Å². The highest BCUT2D eigenvalue weighted by atomic mass is 32.2. The lowest BCUT2D eigenvalue weighted by atomic mass is 10.1. The first kappa shape index (κ1) is 20.5. The van der Waals surface area contributed by atoms with E-state index in [1.165, 1.54) is 24.3 Å². The van der Waals surface area contributed by atoms with Crippen LogP contribution >= 0.6 is 0 Å². The van der Waals surface area contributed by atoms with Crippen molar-refractivity contribution in [2.75, 3.05) is 37.1 Å². The second-order valence-electron chi connectivity index (χ2n) is 7.21. The number of phenolic OH excluding ortho intramolecular Hbond substituents is 1. The Balaban J connectivity index is 1.57. The molecule has 2 aromatic rings. The fraction of sp³-hybridized carbons (Fsp3) is 0.389. The van der Waals surface area contributed by atoms with Crippen LogP contribution < -0.4 is 13.8 Å². The molecule has 4 rings (SSSR count). The molecule has 162 valence electrons. The lowest BCUT2D eigenvalue weighted by Gasteiger charge is -2.19. The lowest BCUT2D eigenvalue weighted by Crippen LogP contribution is -2.30. The number of rotatable bonds is 5. The predicted octanol–water partition coefficient (Wildman–Crippen LogP) is 1.59. The van der Waals surface area contributed by atoms with E-state index in [1.54, 1.807) is 9.62 Å². The summed E-state index contributed by atoms with van der Waals surface area (Å²) in [6, 6.07) is 5.51. The minimum Gasteiger partial charge on any atom is -0.506 e. The summed E-state index contributed by atoms with van der Waals surface area (Å²) in [5.74, 6) is -4.96. The van der Waals surface area contributed by atoms with Gasteiger partial charge in [0.1, 0.15) is 30.3 Å². The summed E-state index contributed by atoms with van der Waals surface area (Å²) >= 11 is 0. The van der Waals surface area contributed by atoms with E-state index >= 15 is 4.39 Å². The van der Waals surface area contributed by atoms with Crippen molar-refractivity contribution in [3.05, 3.63) is 30.1 Å². The standard InChI is InChI=1S/C18H18F3N3O5S/c19-16-13-8-12(29-6-5-23-4-3-18(20,21)10-23)2-1-11(13)7-14(25)17(16)24-9-15(26)22-30(24,27)28/h1-2,7-8,25H,3-6,9-10H2,(H,22,26). The Kier molecular flexibility index (Phi) is 4.93. The molecule has 0 atom stereocenters. The maximum atomic E-state index is 15.1. The number of alkyl halides is 2. The number of amides is 1. The number of hydrogen-bond donors (Lipinski definition) is 2.